The Hall–Kier alpha value is -4.27. The molecule has 1 aliphatic carbocycles. The van der Waals surface area contributed by atoms with Gasteiger partial charge in [-0.1, -0.05) is 44.6 Å². The van der Waals surface area contributed by atoms with Crippen LogP contribution in [0.2, 0.25) is 0 Å². The molecule has 13 nitrogen and oxygen atoms in total. The van der Waals surface area contributed by atoms with Gasteiger partial charge in [0.1, 0.15) is 17.7 Å². The van der Waals surface area contributed by atoms with Crippen LogP contribution < -0.4 is 26.2 Å². The largest absolute Gasteiger partial charge is 0.489 e. The number of nitrogens with two attached hydrogens (primary N) is 1. The first-order chi connectivity index (χ1) is 22.7. The zero-order valence-electron chi connectivity index (χ0n) is 26.3. The van der Waals surface area contributed by atoms with Crippen molar-refractivity contribution < 1.29 is 18.3 Å². The number of nitrogens with zero attached hydrogens (tertiary/aromatic N) is 5. The topological polar surface area (TPSA) is 179 Å². The van der Waals surface area contributed by atoms with Crippen LogP contribution in [-0.4, -0.2) is 57.5 Å². The standard InChI is InChI=1S/C33H42N8O5S/c34-32-17-9-25(20-36-32)30(42)22-35-21-28-14-8-24-19-29(15-16-31(24)46-28)47(44,45)37-26-10-12-27(13-11-26)41-33(43)40(38-39-41)18-4-3-7-23-5-1-2-6-23/h9-13,15-17,19-20,23,28,30,35,37,42H,1-8,14,18,21-22H2,(H2,34,36). The SMILES string of the molecule is Nc1ccc(C(O)CNCC2CCc3cc(S(=O)(=O)Nc4ccc(-n5nnn(CCCCC6CCCC6)c5=O)cc4)ccc3O2)cn1. The fourth-order valence-corrected chi connectivity index (χ4v) is 7.41. The van der Waals surface area contributed by atoms with E-state index in [1.165, 1.54) is 47.5 Å². The van der Waals surface area contributed by atoms with E-state index >= 15 is 0 Å². The van der Waals surface area contributed by atoms with Crippen LogP contribution >= 0.6 is 0 Å². The Bertz CT molecular complexity index is 1800. The van der Waals surface area contributed by atoms with Crippen LogP contribution in [0.5, 0.6) is 5.75 Å². The van der Waals surface area contributed by atoms with Crippen molar-refractivity contribution in [2.45, 2.75) is 81.4 Å². The number of nitrogens with one attached hydrogen (secondary N) is 2. The maximum atomic E-state index is 13.2. The van der Waals surface area contributed by atoms with E-state index in [0.29, 0.717) is 61.0 Å². The van der Waals surface area contributed by atoms with Crippen LogP contribution in [0.4, 0.5) is 11.5 Å². The van der Waals surface area contributed by atoms with Gasteiger partial charge in [-0.15, -0.1) is 0 Å². The van der Waals surface area contributed by atoms with Gasteiger partial charge in [0.15, 0.2) is 0 Å². The lowest BCUT2D eigenvalue weighted by molar-refractivity contribution is 0.146. The number of anilines is 2. The van der Waals surface area contributed by atoms with Gasteiger partial charge in [-0.2, -0.15) is 9.36 Å². The molecular formula is C33H42N8O5S. The van der Waals surface area contributed by atoms with Crippen molar-refractivity contribution in [2.75, 3.05) is 23.5 Å². The maximum absolute atomic E-state index is 13.2. The Morgan fingerprint density at radius 3 is 2.60 bits per heavy atom. The molecule has 2 aromatic carbocycles. The van der Waals surface area contributed by atoms with Gasteiger partial charge < -0.3 is 20.9 Å². The summed E-state index contributed by atoms with van der Waals surface area (Å²) in [5, 5.41) is 21.7. The van der Waals surface area contributed by atoms with E-state index in [4.69, 9.17) is 10.5 Å². The van der Waals surface area contributed by atoms with E-state index in [0.717, 1.165) is 24.3 Å². The van der Waals surface area contributed by atoms with Gasteiger partial charge in [0.2, 0.25) is 0 Å². The molecule has 2 aliphatic rings. The highest BCUT2D eigenvalue weighted by molar-refractivity contribution is 7.92. The third-order valence-corrected chi connectivity index (χ3v) is 10.4. The fraction of sp³-hybridized carbons (Fsp3) is 0.455. The average molecular weight is 663 g/mol. The second-order valence-electron chi connectivity index (χ2n) is 12.4. The zero-order valence-corrected chi connectivity index (χ0v) is 27.1. The number of tetrazole rings is 1. The number of ether oxygens (including phenoxy) is 1. The minimum Gasteiger partial charge on any atom is -0.489 e. The average Bonchev–Trinajstić information content (AvgIpc) is 3.73. The molecule has 14 heteroatoms. The Morgan fingerprint density at radius 2 is 1.83 bits per heavy atom. The lowest BCUT2D eigenvalue weighted by atomic mass is 10.0. The van der Waals surface area contributed by atoms with Crippen LogP contribution in [0.1, 0.15) is 68.6 Å². The van der Waals surface area contributed by atoms with Crippen LogP contribution in [-0.2, 0) is 23.0 Å². The van der Waals surface area contributed by atoms with Crippen LogP contribution in [0.3, 0.4) is 0 Å². The summed E-state index contributed by atoms with van der Waals surface area (Å²) in [4.78, 5) is 17.0. The Labute approximate surface area is 274 Å². The number of aromatic nitrogens is 5. The van der Waals surface area contributed by atoms with Crippen molar-refractivity contribution in [1.29, 1.82) is 0 Å². The Balaban J connectivity index is 0.998. The van der Waals surface area contributed by atoms with E-state index < -0.39 is 16.1 Å². The van der Waals surface area contributed by atoms with E-state index in [1.54, 1.807) is 54.7 Å². The second kappa shape index (κ2) is 14.7. The van der Waals surface area contributed by atoms with Crippen molar-refractivity contribution in [3.05, 3.63) is 82.4 Å². The summed E-state index contributed by atoms with van der Waals surface area (Å²) in [6.45, 7) is 1.39. The number of sulfonamides is 1. The molecule has 2 aromatic heterocycles. The molecule has 1 aliphatic heterocycles. The molecule has 4 aromatic rings. The quantitative estimate of drug-likeness (QED) is 0.146. The number of fused-ring (bicyclic) bond motifs is 1. The highest BCUT2D eigenvalue weighted by Gasteiger charge is 2.23. The van der Waals surface area contributed by atoms with E-state index in [1.807, 2.05) is 0 Å². The summed E-state index contributed by atoms with van der Waals surface area (Å²) >= 11 is 0. The second-order valence-corrected chi connectivity index (χ2v) is 14.1. The molecular weight excluding hydrogens is 620 g/mol. The third kappa shape index (κ3) is 8.18. The molecule has 0 bridgehead atoms. The van der Waals surface area contributed by atoms with Gasteiger partial charge in [-0.3, -0.25) is 4.72 Å². The number of nitrogen functional groups attached to an aromatic ring is 1. The molecule has 3 heterocycles. The lowest BCUT2D eigenvalue weighted by Crippen LogP contribution is -2.36. The van der Waals surface area contributed by atoms with E-state index in [-0.39, 0.29) is 16.7 Å². The molecule has 250 valence electrons. The molecule has 6 rings (SSSR count). The van der Waals surface area contributed by atoms with Crippen molar-refractivity contribution in [3.63, 3.8) is 0 Å². The first-order valence-corrected chi connectivity index (χ1v) is 17.8. The van der Waals surface area contributed by atoms with Crippen LogP contribution in [0, 0.1) is 5.92 Å². The highest BCUT2D eigenvalue weighted by Crippen LogP contribution is 2.31. The molecule has 1 saturated carbocycles. The molecule has 0 radical (unpaired) electrons. The van der Waals surface area contributed by atoms with Gasteiger partial charge in [0, 0.05) is 37.1 Å². The van der Waals surface area contributed by atoms with E-state index in [2.05, 4.69) is 25.4 Å². The lowest BCUT2D eigenvalue weighted by Gasteiger charge is -2.27. The first kappa shape index (κ1) is 32.7. The minimum atomic E-state index is -3.87. The number of rotatable bonds is 14. The van der Waals surface area contributed by atoms with Gasteiger partial charge >= 0.3 is 5.69 Å². The normalized spacial score (nSPS) is 17.3. The van der Waals surface area contributed by atoms with Crippen molar-refractivity contribution in [2.24, 2.45) is 5.92 Å². The number of aliphatic hydroxyl groups is 1. The van der Waals surface area contributed by atoms with Gasteiger partial charge in [0.05, 0.1) is 16.7 Å². The maximum Gasteiger partial charge on any atom is 0.368 e. The number of hydrogen-bond donors (Lipinski definition) is 4. The number of aryl methyl sites for hydroxylation is 2. The summed E-state index contributed by atoms with van der Waals surface area (Å²) in [5.41, 5.74) is 7.64. The molecule has 2 unspecified atom stereocenters. The van der Waals surface area contributed by atoms with Crippen molar-refractivity contribution in [3.8, 4) is 11.4 Å². The summed E-state index contributed by atoms with van der Waals surface area (Å²) in [6.07, 6.45) is 10.5. The third-order valence-electron chi connectivity index (χ3n) is 8.99. The number of aliphatic hydroxyl groups excluding tert-OH is 1. The summed E-state index contributed by atoms with van der Waals surface area (Å²) in [6, 6.07) is 14.7. The van der Waals surface area contributed by atoms with E-state index in [9.17, 15) is 18.3 Å². The summed E-state index contributed by atoms with van der Waals surface area (Å²) in [5.74, 6) is 1.87. The van der Waals surface area contributed by atoms with Crippen molar-refractivity contribution in [1.82, 2.24) is 30.1 Å². The molecule has 5 N–H and O–H groups in total. The Kier molecular flexibility index (Phi) is 10.2. The van der Waals surface area contributed by atoms with Crippen molar-refractivity contribution >= 4 is 21.5 Å². The summed E-state index contributed by atoms with van der Waals surface area (Å²) < 4.78 is 37.8. The van der Waals surface area contributed by atoms with Gasteiger partial charge in [-0.25, -0.2) is 18.2 Å². The predicted octanol–water partition coefficient (Wildman–Crippen LogP) is 3.58. The first-order valence-electron chi connectivity index (χ1n) is 16.3. The molecule has 0 spiro atoms. The van der Waals surface area contributed by atoms with Gasteiger partial charge in [-0.05, 0) is 89.7 Å². The molecule has 1 fully saturated rings. The number of hydrogen-bond acceptors (Lipinski definition) is 10. The minimum absolute atomic E-state index is 0.117. The fourth-order valence-electron chi connectivity index (χ4n) is 6.30. The molecule has 47 heavy (non-hydrogen) atoms. The predicted molar refractivity (Wildman–Crippen MR) is 178 cm³/mol. The van der Waals surface area contributed by atoms with Crippen LogP contribution in [0.25, 0.3) is 5.69 Å². The molecule has 0 amide bonds. The highest BCUT2D eigenvalue weighted by atomic mass is 32.2. The summed E-state index contributed by atoms with van der Waals surface area (Å²) in [7, 11) is -3.87. The van der Waals surface area contributed by atoms with Gasteiger partial charge in [0.25, 0.3) is 10.0 Å². The number of benzene rings is 2. The number of pyridine rings is 1. The Morgan fingerprint density at radius 1 is 1.02 bits per heavy atom. The number of unbranched alkanes of at least 4 members (excludes halogenated alkanes) is 1. The monoisotopic (exact) mass is 662 g/mol. The van der Waals surface area contributed by atoms with Crippen LogP contribution in [0.15, 0.2) is 70.5 Å². The zero-order chi connectivity index (χ0) is 32.8. The molecule has 2 atom stereocenters. The smallest absolute Gasteiger partial charge is 0.368 e. The molecule has 0 saturated heterocycles.